The molecule has 5 nitrogen and oxygen atoms in total. The molecule has 0 unspecified atom stereocenters. The van der Waals surface area contributed by atoms with Crippen LogP contribution >= 0.6 is 0 Å². The first-order valence-electron chi connectivity index (χ1n) is 8.87. The number of piperazine rings is 1. The van der Waals surface area contributed by atoms with Gasteiger partial charge in [0, 0.05) is 38.8 Å². The number of rotatable bonds is 7. The van der Waals surface area contributed by atoms with Crippen LogP contribution in [-0.2, 0) is 16.0 Å². The van der Waals surface area contributed by atoms with Gasteiger partial charge in [-0.3, -0.25) is 4.90 Å². The molecule has 25 heavy (non-hydrogen) atoms. The molecule has 1 fully saturated rings. The first-order valence-corrected chi connectivity index (χ1v) is 8.87. The molecule has 0 aromatic heterocycles. The van der Waals surface area contributed by atoms with Gasteiger partial charge < -0.3 is 14.4 Å². The second-order valence-corrected chi connectivity index (χ2v) is 6.49. The molecule has 2 atom stereocenters. The fourth-order valence-electron chi connectivity index (χ4n) is 3.60. The number of carbonyl (C=O) groups is 1. The highest BCUT2D eigenvalue weighted by Crippen LogP contribution is 2.24. The fraction of sp³-hybridized carbons (Fsp3) is 0.632. The van der Waals surface area contributed by atoms with Gasteiger partial charge in [-0.2, -0.15) is 0 Å². The molecule has 6 heteroatoms. The van der Waals surface area contributed by atoms with Crippen LogP contribution in [0.4, 0.5) is 4.39 Å². The molecular weight excluding hydrogens is 323 g/mol. The van der Waals surface area contributed by atoms with Crippen LogP contribution in [0, 0.1) is 5.82 Å². The summed E-state index contributed by atoms with van der Waals surface area (Å²) in [7, 11) is 3.05. The molecule has 1 aromatic carbocycles. The van der Waals surface area contributed by atoms with Crippen molar-refractivity contribution in [2.75, 3.05) is 40.5 Å². The molecule has 0 spiro atoms. The first kappa shape index (κ1) is 19.8. The summed E-state index contributed by atoms with van der Waals surface area (Å²) in [5.41, 5.74) is 1.09. The zero-order chi connectivity index (χ0) is 18.4. The van der Waals surface area contributed by atoms with Crippen molar-refractivity contribution in [2.45, 2.75) is 38.9 Å². The summed E-state index contributed by atoms with van der Waals surface area (Å²) in [6.07, 6.45) is 0.986. The van der Waals surface area contributed by atoms with E-state index in [0.717, 1.165) is 26.1 Å². The van der Waals surface area contributed by atoms with E-state index in [4.69, 9.17) is 9.47 Å². The molecule has 0 aliphatic carbocycles. The Balaban J connectivity index is 2.31. The maximum atomic E-state index is 13.8. The van der Waals surface area contributed by atoms with E-state index in [1.165, 1.54) is 25.3 Å². The van der Waals surface area contributed by atoms with E-state index < -0.39 is 5.97 Å². The lowest BCUT2D eigenvalue weighted by Gasteiger charge is -2.46. The molecule has 0 radical (unpaired) electrons. The van der Waals surface area contributed by atoms with Crippen molar-refractivity contribution in [3.8, 4) is 0 Å². The standard InChI is InChI=1S/C19H29FN2O3/c1-5-16-11-21(6-2)12-17(13-24-3)22(16)10-14-9-15(20)7-8-18(14)19(23)25-4/h7-9,16-17H,5-6,10-13H2,1-4H3/t16-,17+/m0/s1. The van der Waals surface area contributed by atoms with Gasteiger partial charge in [-0.05, 0) is 36.7 Å². The minimum Gasteiger partial charge on any atom is -0.465 e. The van der Waals surface area contributed by atoms with Gasteiger partial charge in [-0.25, -0.2) is 9.18 Å². The Hall–Kier alpha value is -1.50. The highest BCUT2D eigenvalue weighted by Gasteiger charge is 2.33. The molecule has 0 bridgehead atoms. The normalized spacial score (nSPS) is 22.1. The molecule has 1 aliphatic heterocycles. The minimum absolute atomic E-state index is 0.206. The maximum Gasteiger partial charge on any atom is 0.338 e. The van der Waals surface area contributed by atoms with Crippen LogP contribution in [0.2, 0.25) is 0 Å². The zero-order valence-electron chi connectivity index (χ0n) is 15.6. The van der Waals surface area contributed by atoms with Gasteiger partial charge >= 0.3 is 5.97 Å². The molecule has 0 saturated carbocycles. The van der Waals surface area contributed by atoms with E-state index in [1.54, 1.807) is 7.11 Å². The highest BCUT2D eigenvalue weighted by atomic mass is 19.1. The molecule has 0 amide bonds. The van der Waals surface area contributed by atoms with Gasteiger partial charge in [-0.1, -0.05) is 13.8 Å². The third kappa shape index (κ3) is 4.77. The van der Waals surface area contributed by atoms with Crippen molar-refractivity contribution in [3.05, 3.63) is 35.1 Å². The predicted octanol–water partition coefficient (Wildman–Crippen LogP) is 2.54. The van der Waals surface area contributed by atoms with E-state index in [2.05, 4.69) is 23.6 Å². The average Bonchev–Trinajstić information content (AvgIpc) is 2.62. The Kier molecular flexibility index (Phi) is 7.35. The predicted molar refractivity (Wildman–Crippen MR) is 95.1 cm³/mol. The summed E-state index contributed by atoms with van der Waals surface area (Å²) in [6.45, 7) is 8.31. The van der Waals surface area contributed by atoms with Gasteiger partial charge in [0.2, 0.25) is 0 Å². The summed E-state index contributed by atoms with van der Waals surface area (Å²) >= 11 is 0. The molecule has 140 valence electrons. The summed E-state index contributed by atoms with van der Waals surface area (Å²) in [5.74, 6) is -0.773. The lowest BCUT2D eigenvalue weighted by atomic mass is 10.00. The molecule has 1 aliphatic rings. The van der Waals surface area contributed by atoms with Gasteiger partial charge in [0.1, 0.15) is 5.82 Å². The van der Waals surface area contributed by atoms with Gasteiger partial charge in [0.05, 0.1) is 19.3 Å². The van der Waals surface area contributed by atoms with Gasteiger partial charge in [-0.15, -0.1) is 0 Å². The molecule has 2 rings (SSSR count). The molecule has 1 heterocycles. The highest BCUT2D eigenvalue weighted by molar-refractivity contribution is 5.91. The fourth-order valence-corrected chi connectivity index (χ4v) is 3.60. The largest absolute Gasteiger partial charge is 0.465 e. The lowest BCUT2D eigenvalue weighted by Crippen LogP contribution is -2.59. The van der Waals surface area contributed by atoms with Crippen molar-refractivity contribution in [1.29, 1.82) is 0 Å². The van der Waals surface area contributed by atoms with Crippen LogP contribution in [0.5, 0.6) is 0 Å². The summed E-state index contributed by atoms with van der Waals surface area (Å²) < 4.78 is 24.1. The number of nitrogens with zero attached hydrogens (tertiary/aromatic N) is 2. The maximum absolute atomic E-state index is 13.8. The third-order valence-electron chi connectivity index (χ3n) is 4.98. The smallest absolute Gasteiger partial charge is 0.338 e. The minimum atomic E-state index is -0.432. The average molecular weight is 352 g/mol. The quantitative estimate of drug-likeness (QED) is 0.706. The molecule has 0 N–H and O–H groups in total. The van der Waals surface area contributed by atoms with Crippen LogP contribution in [0.25, 0.3) is 0 Å². The van der Waals surface area contributed by atoms with E-state index in [9.17, 15) is 9.18 Å². The van der Waals surface area contributed by atoms with Crippen LogP contribution in [-0.4, -0.2) is 68.3 Å². The number of likely N-dealkylation sites (N-methyl/N-ethyl adjacent to an activating group) is 1. The number of methoxy groups -OCH3 is 2. The summed E-state index contributed by atoms with van der Waals surface area (Å²) in [6, 6.07) is 4.79. The third-order valence-corrected chi connectivity index (χ3v) is 4.98. The van der Waals surface area contributed by atoms with Gasteiger partial charge in [0.15, 0.2) is 0 Å². The summed E-state index contributed by atoms with van der Waals surface area (Å²) in [5, 5.41) is 0. The number of halogens is 1. The van der Waals surface area contributed by atoms with Crippen molar-refractivity contribution < 1.29 is 18.7 Å². The number of esters is 1. The van der Waals surface area contributed by atoms with Crippen molar-refractivity contribution in [1.82, 2.24) is 9.80 Å². The van der Waals surface area contributed by atoms with E-state index in [1.807, 2.05) is 0 Å². The second-order valence-electron chi connectivity index (χ2n) is 6.49. The Labute approximate surface area is 149 Å². The molecular formula is C19H29FN2O3. The Morgan fingerprint density at radius 3 is 2.56 bits per heavy atom. The lowest BCUT2D eigenvalue weighted by molar-refractivity contribution is -0.0170. The van der Waals surface area contributed by atoms with Gasteiger partial charge in [0.25, 0.3) is 0 Å². The number of hydrogen-bond donors (Lipinski definition) is 0. The van der Waals surface area contributed by atoms with Crippen LogP contribution in [0.15, 0.2) is 18.2 Å². The van der Waals surface area contributed by atoms with Crippen LogP contribution < -0.4 is 0 Å². The Morgan fingerprint density at radius 1 is 1.24 bits per heavy atom. The van der Waals surface area contributed by atoms with Crippen molar-refractivity contribution >= 4 is 5.97 Å². The Bertz CT molecular complexity index is 582. The van der Waals surface area contributed by atoms with Crippen LogP contribution in [0.3, 0.4) is 0 Å². The van der Waals surface area contributed by atoms with E-state index in [0.29, 0.717) is 30.3 Å². The topological polar surface area (TPSA) is 42.0 Å². The van der Waals surface area contributed by atoms with Crippen LogP contribution in [0.1, 0.15) is 36.2 Å². The van der Waals surface area contributed by atoms with E-state index in [-0.39, 0.29) is 11.9 Å². The molecule has 1 aromatic rings. The number of carbonyl (C=O) groups excluding carboxylic acids is 1. The SMILES string of the molecule is CC[C@H]1CN(CC)C[C@H](COC)N1Cc1cc(F)ccc1C(=O)OC. The van der Waals surface area contributed by atoms with E-state index >= 15 is 0 Å². The van der Waals surface area contributed by atoms with Crippen molar-refractivity contribution in [2.24, 2.45) is 0 Å². The molecule has 1 saturated heterocycles. The number of benzene rings is 1. The Morgan fingerprint density at radius 2 is 1.96 bits per heavy atom. The summed E-state index contributed by atoms with van der Waals surface area (Å²) in [4.78, 5) is 16.8. The van der Waals surface area contributed by atoms with Crippen molar-refractivity contribution in [3.63, 3.8) is 0 Å². The second kappa shape index (κ2) is 9.27. The number of hydrogen-bond acceptors (Lipinski definition) is 5. The first-order chi connectivity index (χ1) is 12.0. The number of ether oxygens (including phenoxy) is 2. The monoisotopic (exact) mass is 352 g/mol. The zero-order valence-corrected chi connectivity index (χ0v) is 15.6.